The fourth-order valence-electron chi connectivity index (χ4n) is 4.16. The second-order valence-corrected chi connectivity index (χ2v) is 9.09. The zero-order valence-electron chi connectivity index (χ0n) is 20.8. The molecular formula is C27H29N9O. The van der Waals surface area contributed by atoms with Gasteiger partial charge in [0.25, 0.3) is 0 Å². The van der Waals surface area contributed by atoms with E-state index in [1.54, 1.807) is 24.5 Å². The number of hydrogen-bond acceptors (Lipinski definition) is 9. The molecule has 4 heterocycles. The van der Waals surface area contributed by atoms with Crippen molar-refractivity contribution in [3.05, 3.63) is 72.7 Å². The first-order valence-corrected chi connectivity index (χ1v) is 12.3. The number of rotatable bonds is 7. The molecule has 1 fully saturated rings. The smallest absolute Gasteiger partial charge is 0.229 e. The molecule has 3 N–H and O–H groups in total. The summed E-state index contributed by atoms with van der Waals surface area (Å²) in [5.41, 5.74) is 3.11. The molecule has 0 bridgehead atoms. The van der Waals surface area contributed by atoms with Crippen molar-refractivity contribution in [1.82, 2.24) is 29.8 Å². The van der Waals surface area contributed by atoms with Crippen LogP contribution < -0.4 is 16.0 Å². The number of amides is 1. The first-order valence-electron chi connectivity index (χ1n) is 12.3. The van der Waals surface area contributed by atoms with E-state index in [0.717, 1.165) is 43.0 Å². The largest absolute Gasteiger partial charge is 0.326 e. The maximum Gasteiger partial charge on any atom is 0.229 e. The van der Waals surface area contributed by atoms with E-state index in [-0.39, 0.29) is 11.8 Å². The number of hydrogen-bond donors (Lipinski definition) is 3. The average molecular weight is 496 g/mol. The van der Waals surface area contributed by atoms with Crippen LogP contribution in [-0.2, 0) is 4.79 Å². The van der Waals surface area contributed by atoms with Gasteiger partial charge in [0.05, 0.1) is 0 Å². The van der Waals surface area contributed by atoms with Crippen LogP contribution >= 0.6 is 0 Å². The predicted molar refractivity (Wildman–Crippen MR) is 144 cm³/mol. The lowest BCUT2D eigenvalue weighted by atomic mass is 9.96. The van der Waals surface area contributed by atoms with Crippen molar-refractivity contribution in [1.29, 1.82) is 0 Å². The van der Waals surface area contributed by atoms with Gasteiger partial charge in [-0.2, -0.15) is 4.98 Å². The molecule has 1 aliphatic rings. The lowest BCUT2D eigenvalue weighted by molar-refractivity contribution is -0.121. The Morgan fingerprint density at radius 2 is 1.59 bits per heavy atom. The van der Waals surface area contributed by atoms with Crippen molar-refractivity contribution in [2.75, 3.05) is 36.1 Å². The number of benzene rings is 1. The summed E-state index contributed by atoms with van der Waals surface area (Å²) in [6.45, 7) is 3.82. The monoisotopic (exact) mass is 495 g/mol. The summed E-state index contributed by atoms with van der Waals surface area (Å²) in [7, 11) is 2.09. The van der Waals surface area contributed by atoms with Gasteiger partial charge in [0.15, 0.2) is 5.82 Å². The van der Waals surface area contributed by atoms with E-state index in [4.69, 9.17) is 0 Å². The molecule has 0 spiro atoms. The molecular weight excluding hydrogens is 466 g/mol. The Morgan fingerprint density at radius 1 is 0.865 bits per heavy atom. The van der Waals surface area contributed by atoms with Crippen molar-refractivity contribution in [2.45, 2.75) is 19.8 Å². The van der Waals surface area contributed by atoms with Crippen LogP contribution in [0.15, 0.2) is 67.0 Å². The van der Waals surface area contributed by atoms with Crippen LogP contribution in [0.2, 0.25) is 0 Å². The summed E-state index contributed by atoms with van der Waals surface area (Å²) in [5.74, 6) is 2.22. The van der Waals surface area contributed by atoms with E-state index in [1.165, 1.54) is 0 Å². The standard InChI is InChI=1S/C27H29N9O/c1-18-5-3-8-22(30-18)25-28-13-9-23(34-25)33-24-10-14-29-27(35-24)32-21-7-4-6-20(17-21)31-26(37)19-11-15-36(2)16-12-19/h3-10,13-14,17,19H,11-12,15-16H2,1-2H3,(H,31,37)(H2,28,29,32,33,34,35). The molecule has 188 valence electrons. The third-order valence-electron chi connectivity index (χ3n) is 6.16. The van der Waals surface area contributed by atoms with E-state index in [2.05, 4.69) is 52.8 Å². The summed E-state index contributed by atoms with van der Waals surface area (Å²) in [6.07, 6.45) is 5.10. The number of piperidine rings is 1. The lowest BCUT2D eigenvalue weighted by Crippen LogP contribution is -2.35. The summed E-state index contributed by atoms with van der Waals surface area (Å²) in [6, 6.07) is 16.8. The Balaban J connectivity index is 1.24. The topological polar surface area (TPSA) is 121 Å². The fourth-order valence-corrected chi connectivity index (χ4v) is 4.16. The van der Waals surface area contributed by atoms with E-state index in [9.17, 15) is 4.79 Å². The van der Waals surface area contributed by atoms with Gasteiger partial charge < -0.3 is 20.9 Å². The molecule has 0 radical (unpaired) electrons. The molecule has 10 nitrogen and oxygen atoms in total. The zero-order valence-corrected chi connectivity index (χ0v) is 20.8. The normalized spacial score (nSPS) is 14.2. The van der Waals surface area contributed by atoms with Crippen LogP contribution in [0.4, 0.5) is 29.0 Å². The Labute approximate surface area is 215 Å². The maximum atomic E-state index is 12.7. The molecule has 37 heavy (non-hydrogen) atoms. The first kappa shape index (κ1) is 24.3. The van der Waals surface area contributed by atoms with E-state index >= 15 is 0 Å². The molecule has 1 amide bonds. The van der Waals surface area contributed by atoms with Crippen LogP contribution in [0.25, 0.3) is 11.5 Å². The van der Waals surface area contributed by atoms with Crippen molar-refractivity contribution in [3.63, 3.8) is 0 Å². The van der Waals surface area contributed by atoms with Gasteiger partial charge in [-0.3, -0.25) is 4.79 Å². The fraction of sp³-hybridized carbons (Fsp3) is 0.259. The van der Waals surface area contributed by atoms with Crippen molar-refractivity contribution >= 4 is 34.9 Å². The van der Waals surface area contributed by atoms with E-state index in [0.29, 0.717) is 29.1 Å². The minimum Gasteiger partial charge on any atom is -0.326 e. The van der Waals surface area contributed by atoms with Crippen molar-refractivity contribution < 1.29 is 4.79 Å². The van der Waals surface area contributed by atoms with Crippen LogP contribution in [-0.4, -0.2) is 55.9 Å². The zero-order chi connectivity index (χ0) is 25.6. The maximum absolute atomic E-state index is 12.7. The third-order valence-corrected chi connectivity index (χ3v) is 6.16. The molecule has 1 saturated heterocycles. The molecule has 4 aromatic rings. The molecule has 0 saturated carbocycles. The van der Waals surface area contributed by atoms with Crippen LogP contribution in [0.1, 0.15) is 18.5 Å². The first-order chi connectivity index (χ1) is 18.0. The predicted octanol–water partition coefficient (Wildman–Crippen LogP) is 4.40. The number of carbonyl (C=O) groups is 1. The van der Waals surface area contributed by atoms with Crippen molar-refractivity contribution in [2.24, 2.45) is 5.92 Å². The Kier molecular flexibility index (Phi) is 7.27. The molecule has 1 aromatic carbocycles. The number of anilines is 5. The average Bonchev–Trinajstić information content (AvgIpc) is 2.90. The quantitative estimate of drug-likeness (QED) is 0.342. The van der Waals surface area contributed by atoms with Gasteiger partial charge in [-0.25, -0.2) is 19.9 Å². The molecule has 3 aromatic heterocycles. The molecule has 0 aliphatic carbocycles. The number of carbonyl (C=O) groups excluding carboxylic acids is 1. The number of aryl methyl sites for hydroxylation is 1. The minimum absolute atomic E-state index is 0.0444. The molecule has 1 aliphatic heterocycles. The SMILES string of the molecule is Cc1cccc(-c2nccc(Nc3ccnc(Nc4cccc(NC(=O)C5CCN(C)CC5)c4)n3)n2)n1. The van der Waals surface area contributed by atoms with Gasteiger partial charge in [0.2, 0.25) is 11.9 Å². The lowest BCUT2D eigenvalue weighted by Gasteiger charge is -2.28. The highest BCUT2D eigenvalue weighted by Crippen LogP contribution is 2.23. The number of pyridine rings is 1. The van der Waals surface area contributed by atoms with Gasteiger partial charge in [0, 0.05) is 35.4 Å². The number of aromatic nitrogens is 5. The number of likely N-dealkylation sites (tertiary alicyclic amines) is 1. The second-order valence-electron chi connectivity index (χ2n) is 9.09. The summed E-state index contributed by atoms with van der Waals surface area (Å²) in [4.78, 5) is 37.2. The minimum atomic E-state index is 0.0444. The van der Waals surface area contributed by atoms with Crippen LogP contribution in [0.5, 0.6) is 0 Å². The van der Waals surface area contributed by atoms with Crippen molar-refractivity contribution in [3.8, 4) is 11.5 Å². The second kappa shape index (κ2) is 11.1. The Morgan fingerprint density at radius 3 is 2.41 bits per heavy atom. The Hall–Kier alpha value is -4.44. The number of nitrogens with one attached hydrogen (secondary N) is 3. The van der Waals surface area contributed by atoms with Gasteiger partial charge in [0.1, 0.15) is 17.3 Å². The summed E-state index contributed by atoms with van der Waals surface area (Å²) in [5, 5.41) is 9.46. The third kappa shape index (κ3) is 6.42. The van der Waals surface area contributed by atoms with Gasteiger partial charge >= 0.3 is 0 Å². The molecule has 0 unspecified atom stereocenters. The summed E-state index contributed by atoms with van der Waals surface area (Å²) < 4.78 is 0. The van der Waals surface area contributed by atoms with Gasteiger partial charge in [-0.05, 0) is 82.4 Å². The Bertz CT molecular complexity index is 1390. The summed E-state index contributed by atoms with van der Waals surface area (Å²) >= 11 is 0. The molecule has 10 heteroatoms. The van der Waals surface area contributed by atoms with E-state index in [1.807, 2.05) is 49.4 Å². The van der Waals surface area contributed by atoms with Gasteiger partial charge in [-0.15, -0.1) is 0 Å². The molecule has 5 rings (SSSR count). The van der Waals surface area contributed by atoms with E-state index < -0.39 is 0 Å². The highest BCUT2D eigenvalue weighted by molar-refractivity contribution is 5.93. The molecule has 0 atom stereocenters. The van der Waals surface area contributed by atoms with Crippen LogP contribution in [0, 0.1) is 12.8 Å². The highest BCUT2D eigenvalue weighted by atomic mass is 16.1. The highest BCUT2D eigenvalue weighted by Gasteiger charge is 2.23. The van der Waals surface area contributed by atoms with Crippen LogP contribution in [0.3, 0.4) is 0 Å². The number of nitrogens with zero attached hydrogens (tertiary/aromatic N) is 6. The van der Waals surface area contributed by atoms with Gasteiger partial charge in [-0.1, -0.05) is 12.1 Å².